The van der Waals surface area contributed by atoms with Crippen molar-refractivity contribution in [1.82, 2.24) is 4.72 Å². The Morgan fingerprint density at radius 3 is 2.57 bits per heavy atom. The second-order valence-corrected chi connectivity index (χ2v) is 8.01. The lowest BCUT2D eigenvalue weighted by atomic mass is 9.84. The zero-order valence-corrected chi connectivity index (χ0v) is 14.1. The average Bonchev–Trinajstić information content (AvgIpc) is 2.48. The van der Waals surface area contributed by atoms with Crippen LogP contribution < -0.4 is 10.5 Å². The van der Waals surface area contributed by atoms with Gasteiger partial charge in [0.1, 0.15) is 5.82 Å². The van der Waals surface area contributed by atoms with Gasteiger partial charge in [-0.15, -0.1) is 0 Å². The van der Waals surface area contributed by atoms with Crippen molar-refractivity contribution >= 4 is 26.0 Å². The zero-order chi connectivity index (χ0) is 15.5. The minimum atomic E-state index is -3.75. The molecule has 1 saturated carbocycles. The van der Waals surface area contributed by atoms with E-state index in [4.69, 9.17) is 5.73 Å². The largest absolute Gasteiger partial charge is 0.329 e. The summed E-state index contributed by atoms with van der Waals surface area (Å²) in [5.41, 5.74) is 5.73. The summed E-state index contributed by atoms with van der Waals surface area (Å²) in [5, 5.41) is 0. The molecule has 1 atom stereocenters. The molecule has 3 N–H and O–H groups in total. The molecule has 0 aliphatic heterocycles. The second-order valence-electron chi connectivity index (χ2n) is 5.44. The topological polar surface area (TPSA) is 72.2 Å². The summed E-state index contributed by atoms with van der Waals surface area (Å²) in [6.45, 7) is 0.253. The Labute approximate surface area is 133 Å². The predicted octanol–water partition coefficient (Wildman–Crippen LogP) is 2.77. The number of sulfonamides is 1. The minimum Gasteiger partial charge on any atom is -0.329 e. The first-order valence-corrected chi connectivity index (χ1v) is 9.39. The molecule has 1 aliphatic rings. The summed E-state index contributed by atoms with van der Waals surface area (Å²) in [7, 11) is -3.75. The highest BCUT2D eigenvalue weighted by Gasteiger charge is 2.27. The Kier molecular flexibility index (Phi) is 5.76. The highest BCUT2D eigenvalue weighted by Crippen LogP contribution is 2.27. The Morgan fingerprint density at radius 2 is 2.00 bits per heavy atom. The van der Waals surface area contributed by atoms with Crippen LogP contribution in [0.25, 0.3) is 0 Å². The second kappa shape index (κ2) is 7.17. The van der Waals surface area contributed by atoms with Crippen LogP contribution in [-0.4, -0.2) is 21.0 Å². The number of rotatable bonds is 5. The van der Waals surface area contributed by atoms with Crippen LogP contribution in [0.1, 0.15) is 32.1 Å². The van der Waals surface area contributed by atoms with Gasteiger partial charge >= 0.3 is 0 Å². The average molecular weight is 379 g/mol. The van der Waals surface area contributed by atoms with Gasteiger partial charge in [0.25, 0.3) is 0 Å². The van der Waals surface area contributed by atoms with E-state index in [-0.39, 0.29) is 27.9 Å². The van der Waals surface area contributed by atoms with Gasteiger partial charge in [-0.3, -0.25) is 0 Å². The molecule has 1 aromatic carbocycles. The van der Waals surface area contributed by atoms with E-state index in [9.17, 15) is 12.8 Å². The lowest BCUT2D eigenvalue weighted by Gasteiger charge is -2.29. The minimum absolute atomic E-state index is 0.0718. The van der Waals surface area contributed by atoms with Crippen molar-refractivity contribution in [1.29, 1.82) is 0 Å². The van der Waals surface area contributed by atoms with Crippen molar-refractivity contribution in [3.05, 3.63) is 28.5 Å². The summed E-state index contributed by atoms with van der Waals surface area (Å²) in [6, 6.07) is 3.49. The van der Waals surface area contributed by atoms with Crippen molar-refractivity contribution in [2.24, 2.45) is 11.7 Å². The maximum atomic E-state index is 13.5. The molecule has 7 heteroatoms. The molecule has 0 amide bonds. The fourth-order valence-corrected chi connectivity index (χ4v) is 4.36. The van der Waals surface area contributed by atoms with Gasteiger partial charge in [0, 0.05) is 12.6 Å². The van der Waals surface area contributed by atoms with E-state index in [1.807, 2.05) is 0 Å². The van der Waals surface area contributed by atoms with Crippen LogP contribution in [0.5, 0.6) is 0 Å². The quantitative estimate of drug-likeness (QED) is 0.827. The molecule has 1 aromatic rings. The SMILES string of the molecule is NCC(NS(=O)(=O)c1ccc(Br)c(F)c1)C1CCCCC1. The molecule has 1 unspecified atom stereocenters. The first-order chi connectivity index (χ1) is 9.94. The standard InChI is InChI=1S/C14H20BrFN2O2S/c15-12-7-6-11(8-13(12)16)21(19,20)18-14(9-17)10-4-2-1-3-5-10/h6-8,10,14,18H,1-5,9,17H2. The van der Waals surface area contributed by atoms with Gasteiger partial charge in [-0.2, -0.15) is 0 Å². The van der Waals surface area contributed by atoms with Crippen LogP contribution in [0.4, 0.5) is 4.39 Å². The normalized spacial score (nSPS) is 18.6. The van der Waals surface area contributed by atoms with Crippen molar-refractivity contribution in [3.63, 3.8) is 0 Å². The summed E-state index contributed by atoms with van der Waals surface area (Å²) >= 11 is 3.01. The maximum Gasteiger partial charge on any atom is 0.240 e. The highest BCUT2D eigenvalue weighted by molar-refractivity contribution is 9.10. The molecule has 21 heavy (non-hydrogen) atoms. The first-order valence-electron chi connectivity index (χ1n) is 7.11. The van der Waals surface area contributed by atoms with Crippen molar-refractivity contribution in [2.75, 3.05) is 6.54 Å². The van der Waals surface area contributed by atoms with Crippen molar-refractivity contribution in [2.45, 2.75) is 43.0 Å². The fraction of sp³-hybridized carbons (Fsp3) is 0.571. The molecular formula is C14H20BrFN2O2S. The molecular weight excluding hydrogens is 359 g/mol. The molecule has 0 spiro atoms. The molecule has 118 valence electrons. The fourth-order valence-electron chi connectivity index (χ4n) is 2.78. The molecule has 1 fully saturated rings. The van der Waals surface area contributed by atoms with Crippen LogP contribution in [-0.2, 0) is 10.0 Å². The van der Waals surface area contributed by atoms with Gasteiger partial charge in [-0.25, -0.2) is 17.5 Å². The van der Waals surface area contributed by atoms with E-state index in [0.29, 0.717) is 0 Å². The van der Waals surface area contributed by atoms with E-state index in [1.165, 1.54) is 18.6 Å². The van der Waals surface area contributed by atoms with Crippen LogP contribution >= 0.6 is 15.9 Å². The number of hydrogen-bond acceptors (Lipinski definition) is 3. The van der Waals surface area contributed by atoms with Gasteiger partial charge in [0.2, 0.25) is 10.0 Å². The Hall–Kier alpha value is -0.500. The molecule has 0 heterocycles. The monoisotopic (exact) mass is 378 g/mol. The smallest absolute Gasteiger partial charge is 0.240 e. The Bertz CT molecular complexity index is 589. The molecule has 1 aliphatic carbocycles. The number of halogens is 2. The number of nitrogens with one attached hydrogen (secondary N) is 1. The van der Waals surface area contributed by atoms with E-state index in [1.54, 1.807) is 0 Å². The predicted molar refractivity (Wildman–Crippen MR) is 83.8 cm³/mol. The lowest BCUT2D eigenvalue weighted by molar-refractivity contribution is 0.294. The van der Waals surface area contributed by atoms with E-state index >= 15 is 0 Å². The molecule has 0 saturated heterocycles. The molecule has 0 radical (unpaired) electrons. The Balaban J connectivity index is 2.16. The first kappa shape index (κ1) is 16.9. The van der Waals surface area contributed by atoms with Gasteiger partial charge < -0.3 is 5.73 Å². The van der Waals surface area contributed by atoms with Crippen LogP contribution in [0, 0.1) is 11.7 Å². The molecule has 0 aromatic heterocycles. The van der Waals surface area contributed by atoms with E-state index < -0.39 is 15.8 Å². The number of hydrogen-bond donors (Lipinski definition) is 2. The summed E-state index contributed by atoms with van der Waals surface area (Å²) in [5.74, 6) is -0.335. The lowest BCUT2D eigenvalue weighted by Crippen LogP contribution is -2.45. The highest BCUT2D eigenvalue weighted by atomic mass is 79.9. The Morgan fingerprint density at radius 1 is 1.33 bits per heavy atom. The molecule has 0 bridgehead atoms. The van der Waals surface area contributed by atoms with Gasteiger partial charge in [-0.05, 0) is 52.9 Å². The van der Waals surface area contributed by atoms with Gasteiger partial charge in [-0.1, -0.05) is 19.3 Å². The van der Waals surface area contributed by atoms with Crippen molar-refractivity contribution < 1.29 is 12.8 Å². The van der Waals surface area contributed by atoms with Gasteiger partial charge in [0.05, 0.1) is 9.37 Å². The van der Waals surface area contributed by atoms with Crippen LogP contribution in [0.3, 0.4) is 0 Å². The third-order valence-electron chi connectivity index (χ3n) is 3.98. The van der Waals surface area contributed by atoms with Gasteiger partial charge in [0.15, 0.2) is 0 Å². The molecule has 2 rings (SSSR count). The number of benzene rings is 1. The van der Waals surface area contributed by atoms with E-state index in [0.717, 1.165) is 31.7 Å². The van der Waals surface area contributed by atoms with Crippen LogP contribution in [0.2, 0.25) is 0 Å². The third-order valence-corrected chi connectivity index (χ3v) is 6.11. The zero-order valence-electron chi connectivity index (χ0n) is 11.7. The van der Waals surface area contributed by atoms with E-state index in [2.05, 4.69) is 20.7 Å². The van der Waals surface area contributed by atoms with Crippen LogP contribution in [0.15, 0.2) is 27.6 Å². The maximum absolute atomic E-state index is 13.5. The van der Waals surface area contributed by atoms with Crippen molar-refractivity contribution in [3.8, 4) is 0 Å². The molecule has 4 nitrogen and oxygen atoms in total. The number of nitrogens with two attached hydrogens (primary N) is 1. The summed E-state index contributed by atoms with van der Waals surface area (Å²) in [4.78, 5) is -0.0718. The summed E-state index contributed by atoms with van der Waals surface area (Å²) < 4.78 is 41.1. The third kappa shape index (κ3) is 4.25. The summed E-state index contributed by atoms with van der Waals surface area (Å²) in [6.07, 6.45) is 5.38.